The first-order chi connectivity index (χ1) is 10.2. The summed E-state index contributed by atoms with van der Waals surface area (Å²) in [5, 5.41) is 12.2. The van der Waals surface area contributed by atoms with Gasteiger partial charge in [0.1, 0.15) is 15.8 Å². The molecule has 0 saturated heterocycles. The number of aromatic nitrogens is 3. The van der Waals surface area contributed by atoms with Crippen LogP contribution < -0.4 is 4.74 Å². The minimum atomic E-state index is 0.815. The van der Waals surface area contributed by atoms with Crippen LogP contribution in [-0.4, -0.2) is 22.3 Å². The molecule has 0 aliphatic carbocycles. The first-order valence-electron chi connectivity index (χ1n) is 6.26. The number of thiazole rings is 1. The Labute approximate surface area is 135 Å². The molecule has 0 aliphatic heterocycles. The fraction of sp³-hybridized carbons (Fsp3) is 0.214. The van der Waals surface area contributed by atoms with Crippen molar-refractivity contribution in [3.8, 4) is 16.3 Å². The topological polar surface area (TPSA) is 47.9 Å². The van der Waals surface area contributed by atoms with Crippen molar-refractivity contribution in [2.24, 2.45) is 0 Å². The maximum atomic E-state index is 5.25. The number of hydrogen-bond acceptors (Lipinski definition) is 7. The molecule has 0 saturated carbocycles. The maximum Gasteiger partial charge on any atom is 0.174 e. The Bertz CT molecular complexity index is 738. The van der Waals surface area contributed by atoms with Crippen molar-refractivity contribution in [3.05, 3.63) is 40.3 Å². The summed E-state index contributed by atoms with van der Waals surface area (Å²) in [5.74, 6) is 1.66. The standard InChI is InChI=1S/C14H13N3OS3/c1-9-16-17-14(21-9)20-8-11-7-19-13(15-11)10-4-3-5-12(6-10)18-2/h3-7H,8H2,1-2H3. The van der Waals surface area contributed by atoms with Crippen molar-refractivity contribution < 1.29 is 4.74 Å². The van der Waals surface area contributed by atoms with Gasteiger partial charge < -0.3 is 4.74 Å². The molecule has 3 rings (SSSR count). The van der Waals surface area contributed by atoms with Crippen LogP contribution in [0.4, 0.5) is 0 Å². The number of methoxy groups -OCH3 is 1. The molecule has 7 heteroatoms. The van der Waals surface area contributed by atoms with Gasteiger partial charge in [0.15, 0.2) is 4.34 Å². The highest BCUT2D eigenvalue weighted by Crippen LogP contribution is 2.30. The second-order valence-corrected chi connectivity index (χ2v) is 7.51. The number of ether oxygens (including phenoxy) is 1. The first kappa shape index (κ1) is 14.5. The molecule has 0 amide bonds. The molecule has 2 heterocycles. The van der Waals surface area contributed by atoms with Crippen LogP contribution >= 0.6 is 34.4 Å². The molecule has 2 aromatic heterocycles. The number of rotatable bonds is 5. The minimum absolute atomic E-state index is 0.815. The third-order valence-electron chi connectivity index (χ3n) is 2.72. The smallest absolute Gasteiger partial charge is 0.174 e. The van der Waals surface area contributed by atoms with Crippen LogP contribution in [0.3, 0.4) is 0 Å². The van der Waals surface area contributed by atoms with Gasteiger partial charge in [0.2, 0.25) is 0 Å². The number of nitrogens with zero attached hydrogens (tertiary/aromatic N) is 3. The molecule has 108 valence electrons. The number of hydrogen-bond donors (Lipinski definition) is 0. The van der Waals surface area contributed by atoms with Crippen LogP contribution in [0.2, 0.25) is 0 Å². The summed E-state index contributed by atoms with van der Waals surface area (Å²) >= 11 is 4.94. The van der Waals surface area contributed by atoms with Crippen LogP contribution in [-0.2, 0) is 5.75 Å². The molecule has 21 heavy (non-hydrogen) atoms. The lowest BCUT2D eigenvalue weighted by molar-refractivity contribution is 0.415. The Morgan fingerprint density at radius 2 is 2.19 bits per heavy atom. The predicted molar refractivity (Wildman–Crippen MR) is 88.3 cm³/mol. The Hall–Kier alpha value is -1.44. The molecule has 0 unspecified atom stereocenters. The molecule has 0 bridgehead atoms. The van der Waals surface area contributed by atoms with E-state index in [0.717, 1.165) is 37.1 Å². The van der Waals surface area contributed by atoms with Gasteiger partial charge in [-0.15, -0.1) is 21.5 Å². The number of benzene rings is 1. The maximum absolute atomic E-state index is 5.25. The van der Waals surface area contributed by atoms with Crippen molar-refractivity contribution >= 4 is 34.4 Å². The first-order valence-corrected chi connectivity index (χ1v) is 8.94. The van der Waals surface area contributed by atoms with Crippen LogP contribution in [0.15, 0.2) is 34.0 Å². The molecule has 1 aromatic carbocycles. The Morgan fingerprint density at radius 3 is 2.95 bits per heavy atom. The van der Waals surface area contributed by atoms with E-state index in [-0.39, 0.29) is 0 Å². The highest BCUT2D eigenvalue weighted by Gasteiger charge is 2.08. The summed E-state index contributed by atoms with van der Waals surface area (Å²) in [6.45, 7) is 1.96. The molecular weight excluding hydrogens is 322 g/mol. The van der Waals surface area contributed by atoms with E-state index in [2.05, 4.69) is 20.6 Å². The Kier molecular flexibility index (Phi) is 4.52. The molecule has 0 radical (unpaired) electrons. The quantitative estimate of drug-likeness (QED) is 0.652. The number of aryl methyl sites for hydroxylation is 1. The lowest BCUT2D eigenvalue weighted by Crippen LogP contribution is -1.84. The summed E-state index contributed by atoms with van der Waals surface area (Å²) < 4.78 is 6.24. The Morgan fingerprint density at radius 1 is 1.29 bits per heavy atom. The molecular formula is C14H13N3OS3. The van der Waals surface area contributed by atoms with E-state index in [0.29, 0.717) is 0 Å². The average Bonchev–Trinajstić information content (AvgIpc) is 3.14. The van der Waals surface area contributed by atoms with Gasteiger partial charge in [0.05, 0.1) is 12.8 Å². The van der Waals surface area contributed by atoms with Crippen LogP contribution in [0, 0.1) is 6.92 Å². The van der Waals surface area contributed by atoms with E-state index in [1.54, 1.807) is 41.5 Å². The van der Waals surface area contributed by atoms with E-state index in [1.165, 1.54) is 0 Å². The van der Waals surface area contributed by atoms with Crippen LogP contribution in [0.25, 0.3) is 10.6 Å². The van der Waals surface area contributed by atoms with E-state index < -0.39 is 0 Å². The molecule has 0 fully saturated rings. The lowest BCUT2D eigenvalue weighted by Gasteiger charge is -2.01. The van der Waals surface area contributed by atoms with Gasteiger partial charge >= 0.3 is 0 Å². The monoisotopic (exact) mass is 335 g/mol. The zero-order valence-electron chi connectivity index (χ0n) is 11.6. The zero-order valence-corrected chi connectivity index (χ0v) is 14.0. The van der Waals surface area contributed by atoms with E-state index in [1.807, 2.05) is 31.2 Å². The largest absolute Gasteiger partial charge is 0.497 e. The summed E-state index contributed by atoms with van der Waals surface area (Å²) in [4.78, 5) is 4.68. The SMILES string of the molecule is COc1cccc(-c2nc(CSc3nnc(C)s3)cs2)c1. The van der Waals surface area contributed by atoms with E-state index in [4.69, 9.17) is 4.74 Å². The zero-order chi connectivity index (χ0) is 14.7. The third-order valence-corrected chi connectivity index (χ3v) is 5.67. The molecule has 0 aliphatic rings. The summed E-state index contributed by atoms with van der Waals surface area (Å²) in [6, 6.07) is 7.97. The molecule has 4 nitrogen and oxygen atoms in total. The van der Waals surface area contributed by atoms with Gasteiger partial charge in [-0.3, -0.25) is 0 Å². The minimum Gasteiger partial charge on any atom is -0.497 e. The fourth-order valence-electron chi connectivity index (χ4n) is 1.73. The third kappa shape index (κ3) is 3.61. The van der Waals surface area contributed by atoms with Gasteiger partial charge in [-0.25, -0.2) is 4.98 Å². The van der Waals surface area contributed by atoms with Crippen molar-refractivity contribution in [1.29, 1.82) is 0 Å². The molecule has 0 atom stereocenters. The second kappa shape index (κ2) is 6.55. The highest BCUT2D eigenvalue weighted by molar-refractivity contribution is 8.00. The second-order valence-electron chi connectivity index (χ2n) is 4.25. The molecule has 3 aromatic rings. The van der Waals surface area contributed by atoms with Crippen molar-refractivity contribution in [2.75, 3.05) is 7.11 Å². The van der Waals surface area contributed by atoms with E-state index in [9.17, 15) is 0 Å². The molecule has 0 N–H and O–H groups in total. The lowest BCUT2D eigenvalue weighted by atomic mass is 10.2. The van der Waals surface area contributed by atoms with E-state index >= 15 is 0 Å². The van der Waals surface area contributed by atoms with Crippen molar-refractivity contribution in [2.45, 2.75) is 17.0 Å². The van der Waals surface area contributed by atoms with Crippen molar-refractivity contribution in [1.82, 2.24) is 15.2 Å². The predicted octanol–water partition coefficient (Wildman–Crippen LogP) is 4.27. The van der Waals surface area contributed by atoms with Crippen LogP contribution in [0.5, 0.6) is 5.75 Å². The van der Waals surface area contributed by atoms with Crippen LogP contribution in [0.1, 0.15) is 10.7 Å². The van der Waals surface area contributed by atoms with Gasteiger partial charge in [0, 0.05) is 16.7 Å². The highest BCUT2D eigenvalue weighted by atomic mass is 32.2. The van der Waals surface area contributed by atoms with Gasteiger partial charge in [0.25, 0.3) is 0 Å². The summed E-state index contributed by atoms with van der Waals surface area (Å²) in [6.07, 6.45) is 0. The summed E-state index contributed by atoms with van der Waals surface area (Å²) in [7, 11) is 1.67. The summed E-state index contributed by atoms with van der Waals surface area (Å²) in [5.41, 5.74) is 2.15. The van der Waals surface area contributed by atoms with Crippen molar-refractivity contribution in [3.63, 3.8) is 0 Å². The van der Waals surface area contributed by atoms with Gasteiger partial charge in [-0.1, -0.05) is 35.2 Å². The van der Waals surface area contributed by atoms with Gasteiger partial charge in [-0.2, -0.15) is 0 Å². The van der Waals surface area contributed by atoms with Gasteiger partial charge in [-0.05, 0) is 19.1 Å². The fourth-order valence-corrected chi connectivity index (χ4v) is 4.36. The molecule has 0 spiro atoms. The number of thioether (sulfide) groups is 1. The average molecular weight is 335 g/mol. The normalized spacial score (nSPS) is 10.8. The Balaban J connectivity index is 1.70.